The minimum atomic E-state index is -0.305. The Hall–Kier alpha value is -1.13. The van der Waals surface area contributed by atoms with Gasteiger partial charge in [-0.25, -0.2) is 4.39 Å². The van der Waals surface area contributed by atoms with Crippen molar-refractivity contribution in [1.82, 2.24) is 4.90 Å². The van der Waals surface area contributed by atoms with Crippen LogP contribution in [0.15, 0.2) is 24.3 Å². The molecule has 1 aliphatic heterocycles. The van der Waals surface area contributed by atoms with Crippen LogP contribution in [0.1, 0.15) is 12.8 Å². The number of halogens is 1. The van der Waals surface area contributed by atoms with Gasteiger partial charge in [-0.05, 0) is 38.1 Å². The molecule has 1 aliphatic rings. The zero-order valence-electron chi connectivity index (χ0n) is 10.1. The third-order valence-electron chi connectivity index (χ3n) is 3.48. The van der Waals surface area contributed by atoms with E-state index in [0.717, 1.165) is 31.6 Å². The van der Waals surface area contributed by atoms with Crippen molar-refractivity contribution < 1.29 is 9.50 Å². The summed E-state index contributed by atoms with van der Waals surface area (Å²) in [4.78, 5) is 2.24. The van der Waals surface area contributed by atoms with Gasteiger partial charge in [0.2, 0.25) is 0 Å². The average molecular weight is 238 g/mol. The number of benzene rings is 1. The van der Waals surface area contributed by atoms with Gasteiger partial charge in [0.25, 0.3) is 0 Å². The summed E-state index contributed by atoms with van der Waals surface area (Å²) in [6.07, 6.45) is 1.74. The van der Waals surface area contributed by atoms with Crippen molar-refractivity contribution in [1.29, 1.82) is 0 Å². The Morgan fingerprint density at radius 1 is 1.41 bits per heavy atom. The van der Waals surface area contributed by atoms with Crippen LogP contribution < -0.4 is 5.32 Å². The maximum absolute atomic E-state index is 13.1. The molecule has 0 spiro atoms. The van der Waals surface area contributed by atoms with Gasteiger partial charge in [0.15, 0.2) is 0 Å². The van der Waals surface area contributed by atoms with E-state index in [1.807, 2.05) is 6.07 Å². The Kier molecular flexibility index (Phi) is 3.64. The van der Waals surface area contributed by atoms with Gasteiger partial charge in [-0.3, -0.25) is 0 Å². The lowest BCUT2D eigenvalue weighted by atomic mass is 9.88. The molecule has 1 aromatic rings. The highest BCUT2D eigenvalue weighted by atomic mass is 19.1. The molecule has 0 bridgehead atoms. The molecule has 3 nitrogen and oxygen atoms in total. The highest BCUT2D eigenvalue weighted by molar-refractivity contribution is 5.46. The number of hydrogen-bond acceptors (Lipinski definition) is 3. The first kappa shape index (κ1) is 12.3. The second-order valence-corrected chi connectivity index (χ2v) is 4.88. The number of likely N-dealkylation sites (tertiary alicyclic amines) is 1. The third-order valence-corrected chi connectivity index (χ3v) is 3.48. The summed E-state index contributed by atoms with van der Waals surface area (Å²) in [6.45, 7) is 1.98. The van der Waals surface area contributed by atoms with Gasteiger partial charge in [-0.2, -0.15) is 0 Å². The summed E-state index contributed by atoms with van der Waals surface area (Å²) in [5.74, 6) is -0.254. The van der Waals surface area contributed by atoms with Gasteiger partial charge in [0, 0.05) is 18.8 Å². The molecule has 1 aromatic carbocycles. The van der Waals surface area contributed by atoms with Gasteiger partial charge < -0.3 is 15.3 Å². The van der Waals surface area contributed by atoms with Crippen LogP contribution in [0, 0.1) is 5.82 Å². The molecule has 0 aliphatic carbocycles. The second-order valence-electron chi connectivity index (χ2n) is 4.88. The normalized spacial score (nSPS) is 20.2. The Bertz CT molecular complexity index is 375. The van der Waals surface area contributed by atoms with E-state index in [9.17, 15) is 9.50 Å². The number of rotatable bonds is 3. The fraction of sp³-hybridized carbons (Fsp3) is 0.538. The van der Waals surface area contributed by atoms with Gasteiger partial charge in [-0.1, -0.05) is 6.07 Å². The Labute approximate surface area is 101 Å². The first-order valence-electron chi connectivity index (χ1n) is 5.97. The molecule has 0 amide bonds. The third kappa shape index (κ3) is 2.96. The van der Waals surface area contributed by atoms with Crippen LogP contribution in [0.4, 0.5) is 10.1 Å². The number of piperidine rings is 1. The van der Waals surface area contributed by atoms with Crippen molar-refractivity contribution in [2.45, 2.75) is 18.4 Å². The molecule has 1 heterocycles. The van der Waals surface area contributed by atoms with E-state index in [1.165, 1.54) is 12.1 Å². The zero-order chi connectivity index (χ0) is 12.3. The predicted molar refractivity (Wildman–Crippen MR) is 66.6 cm³/mol. The molecule has 1 saturated heterocycles. The highest BCUT2D eigenvalue weighted by Gasteiger charge is 2.32. The summed E-state index contributed by atoms with van der Waals surface area (Å²) < 4.78 is 13.1. The Morgan fingerprint density at radius 2 is 2.12 bits per heavy atom. The molecule has 17 heavy (non-hydrogen) atoms. The Balaban J connectivity index is 2.09. The molecule has 0 atom stereocenters. The van der Waals surface area contributed by atoms with Gasteiger partial charge in [0.1, 0.15) is 5.82 Å². The Morgan fingerprint density at radius 3 is 2.71 bits per heavy atom. The molecule has 2 N–H and O–H groups in total. The molecule has 0 saturated carbocycles. The summed E-state index contributed by atoms with van der Waals surface area (Å²) in [5.41, 5.74) is 0.434. The van der Waals surface area contributed by atoms with Crippen LogP contribution in [0.25, 0.3) is 0 Å². The van der Waals surface area contributed by atoms with Gasteiger partial charge >= 0.3 is 0 Å². The summed E-state index contributed by atoms with van der Waals surface area (Å²) in [5, 5.41) is 12.9. The fourth-order valence-electron chi connectivity index (χ4n) is 2.24. The van der Waals surface area contributed by atoms with E-state index in [4.69, 9.17) is 0 Å². The van der Waals surface area contributed by atoms with E-state index in [1.54, 1.807) is 6.07 Å². The van der Waals surface area contributed by atoms with E-state index < -0.39 is 0 Å². The van der Waals surface area contributed by atoms with E-state index in [0.29, 0.717) is 0 Å². The van der Waals surface area contributed by atoms with Crippen LogP contribution in [-0.2, 0) is 0 Å². The predicted octanol–water partition coefficient (Wildman–Crippen LogP) is 1.69. The first-order valence-corrected chi connectivity index (χ1v) is 5.97. The molecule has 0 unspecified atom stereocenters. The topological polar surface area (TPSA) is 35.5 Å². The minimum Gasteiger partial charge on any atom is -0.394 e. The molecule has 94 valence electrons. The summed E-state index contributed by atoms with van der Waals surface area (Å²) >= 11 is 0. The van der Waals surface area contributed by atoms with Gasteiger partial charge in [0.05, 0.1) is 12.1 Å². The maximum Gasteiger partial charge on any atom is 0.125 e. The van der Waals surface area contributed by atoms with Crippen LogP contribution in [0.2, 0.25) is 0 Å². The summed E-state index contributed by atoms with van der Waals surface area (Å²) in [7, 11) is 2.07. The van der Waals surface area contributed by atoms with Crippen molar-refractivity contribution in [3.63, 3.8) is 0 Å². The second kappa shape index (κ2) is 5.02. The maximum atomic E-state index is 13.1. The molecular formula is C13H19FN2O. The number of hydrogen-bond donors (Lipinski definition) is 2. The SMILES string of the molecule is CN1CCC(CO)(Nc2cccc(F)c2)CC1. The molecular weight excluding hydrogens is 219 g/mol. The van der Waals surface area contributed by atoms with Crippen molar-refractivity contribution >= 4 is 5.69 Å². The van der Waals surface area contributed by atoms with E-state index >= 15 is 0 Å². The highest BCUT2D eigenvalue weighted by Crippen LogP contribution is 2.26. The van der Waals surface area contributed by atoms with E-state index in [2.05, 4.69) is 17.3 Å². The van der Waals surface area contributed by atoms with E-state index in [-0.39, 0.29) is 18.0 Å². The van der Waals surface area contributed by atoms with Crippen LogP contribution in [0.5, 0.6) is 0 Å². The van der Waals surface area contributed by atoms with Crippen molar-refractivity contribution in [3.8, 4) is 0 Å². The van der Waals surface area contributed by atoms with Crippen LogP contribution >= 0.6 is 0 Å². The smallest absolute Gasteiger partial charge is 0.125 e. The van der Waals surface area contributed by atoms with Crippen molar-refractivity contribution in [2.75, 3.05) is 32.1 Å². The lowest BCUT2D eigenvalue weighted by Crippen LogP contribution is -2.50. The molecule has 2 rings (SSSR count). The lowest BCUT2D eigenvalue weighted by molar-refractivity contribution is 0.133. The van der Waals surface area contributed by atoms with Crippen LogP contribution in [0.3, 0.4) is 0 Å². The van der Waals surface area contributed by atoms with Gasteiger partial charge in [-0.15, -0.1) is 0 Å². The standard InChI is InChI=1S/C13H19FN2O/c1-16-7-5-13(10-17,6-8-16)15-12-4-2-3-11(14)9-12/h2-4,9,15,17H,5-8,10H2,1H3. The lowest BCUT2D eigenvalue weighted by Gasteiger charge is -2.40. The molecule has 1 fully saturated rings. The number of anilines is 1. The molecule has 0 radical (unpaired) electrons. The first-order chi connectivity index (χ1) is 8.13. The monoisotopic (exact) mass is 238 g/mol. The fourth-order valence-corrected chi connectivity index (χ4v) is 2.24. The number of aliphatic hydroxyl groups excluding tert-OH is 1. The largest absolute Gasteiger partial charge is 0.394 e. The van der Waals surface area contributed by atoms with Crippen molar-refractivity contribution in [3.05, 3.63) is 30.1 Å². The molecule has 0 aromatic heterocycles. The number of aliphatic hydroxyl groups is 1. The van der Waals surface area contributed by atoms with Crippen molar-refractivity contribution in [2.24, 2.45) is 0 Å². The zero-order valence-corrected chi connectivity index (χ0v) is 10.1. The number of nitrogens with zero attached hydrogens (tertiary/aromatic N) is 1. The van der Waals surface area contributed by atoms with Crippen LogP contribution in [-0.4, -0.2) is 42.3 Å². The minimum absolute atomic E-state index is 0.0807. The molecule has 4 heteroatoms. The average Bonchev–Trinajstić information content (AvgIpc) is 2.33. The quantitative estimate of drug-likeness (QED) is 0.841. The number of nitrogens with one attached hydrogen (secondary N) is 1. The summed E-state index contributed by atoms with van der Waals surface area (Å²) in [6, 6.07) is 6.40.